The van der Waals surface area contributed by atoms with Gasteiger partial charge in [0.1, 0.15) is 10.4 Å². The molecule has 2 rings (SSSR count). The number of carbonyl (C=O) groups excluding carboxylic acids is 1. The smallest absolute Gasteiger partial charge is 0.345 e. The Labute approximate surface area is 105 Å². The number of H-pyrrole nitrogens is 1. The highest BCUT2D eigenvalue weighted by Crippen LogP contribution is 2.21. The summed E-state index contributed by atoms with van der Waals surface area (Å²) < 4.78 is 0. The van der Waals surface area contributed by atoms with Gasteiger partial charge in [-0.2, -0.15) is 0 Å². The molecule has 0 aliphatic carbocycles. The summed E-state index contributed by atoms with van der Waals surface area (Å²) in [6.45, 7) is 0. The molecule has 0 spiro atoms. The summed E-state index contributed by atoms with van der Waals surface area (Å²) in [4.78, 5) is 36.6. The molecule has 0 saturated carbocycles. The standard InChI is InChI=1S/C11H8N2O4S/c14-7-3-4-12-5-6(7)10(15)13-9-2-1-8(18-9)11(16)17/h1-5H,(H,12,14)(H,13,15)(H,16,17). The van der Waals surface area contributed by atoms with Crippen LogP contribution in [0.15, 0.2) is 35.4 Å². The highest BCUT2D eigenvalue weighted by atomic mass is 32.1. The van der Waals surface area contributed by atoms with Crippen LogP contribution in [0.5, 0.6) is 0 Å². The quantitative estimate of drug-likeness (QED) is 0.779. The number of pyridine rings is 1. The molecular formula is C11H8N2O4S. The molecule has 0 saturated heterocycles. The summed E-state index contributed by atoms with van der Waals surface area (Å²) in [6, 6.07) is 4.10. The van der Waals surface area contributed by atoms with Crippen molar-refractivity contribution in [1.82, 2.24) is 4.98 Å². The second kappa shape index (κ2) is 4.84. The van der Waals surface area contributed by atoms with Gasteiger partial charge in [0.25, 0.3) is 5.91 Å². The molecule has 0 aromatic carbocycles. The van der Waals surface area contributed by atoms with Crippen LogP contribution < -0.4 is 10.7 Å². The van der Waals surface area contributed by atoms with Crippen molar-refractivity contribution < 1.29 is 14.7 Å². The predicted molar refractivity (Wildman–Crippen MR) is 66.3 cm³/mol. The maximum Gasteiger partial charge on any atom is 0.345 e. The molecule has 3 N–H and O–H groups in total. The van der Waals surface area contributed by atoms with Gasteiger partial charge in [0.2, 0.25) is 0 Å². The Morgan fingerprint density at radius 3 is 2.67 bits per heavy atom. The van der Waals surface area contributed by atoms with Crippen LogP contribution >= 0.6 is 11.3 Å². The van der Waals surface area contributed by atoms with E-state index in [0.29, 0.717) is 5.00 Å². The molecule has 0 fully saturated rings. The Balaban J connectivity index is 2.19. The van der Waals surface area contributed by atoms with Crippen molar-refractivity contribution in [2.45, 2.75) is 0 Å². The zero-order valence-corrected chi connectivity index (χ0v) is 9.78. The second-order valence-electron chi connectivity index (χ2n) is 3.35. The molecule has 0 aliphatic rings. The van der Waals surface area contributed by atoms with Crippen molar-refractivity contribution in [2.24, 2.45) is 0 Å². The van der Waals surface area contributed by atoms with Gasteiger partial charge in [-0.15, -0.1) is 11.3 Å². The number of carboxylic acids is 1. The van der Waals surface area contributed by atoms with Gasteiger partial charge >= 0.3 is 5.97 Å². The number of nitrogens with one attached hydrogen (secondary N) is 2. The van der Waals surface area contributed by atoms with Gasteiger partial charge in [-0.05, 0) is 12.1 Å². The fraction of sp³-hybridized carbons (Fsp3) is 0. The van der Waals surface area contributed by atoms with Crippen LogP contribution in [-0.4, -0.2) is 22.0 Å². The number of hydrogen-bond donors (Lipinski definition) is 3. The third kappa shape index (κ3) is 2.46. The van der Waals surface area contributed by atoms with E-state index in [-0.39, 0.29) is 10.4 Å². The highest BCUT2D eigenvalue weighted by molar-refractivity contribution is 7.18. The lowest BCUT2D eigenvalue weighted by Crippen LogP contribution is -2.20. The minimum Gasteiger partial charge on any atom is -0.477 e. The summed E-state index contributed by atoms with van der Waals surface area (Å²) in [6.07, 6.45) is 2.72. The number of aromatic amines is 1. The van der Waals surface area contributed by atoms with Crippen LogP contribution in [-0.2, 0) is 0 Å². The lowest BCUT2D eigenvalue weighted by molar-refractivity contribution is 0.0702. The third-order valence-electron chi connectivity index (χ3n) is 2.12. The number of aromatic nitrogens is 1. The van der Waals surface area contributed by atoms with Crippen molar-refractivity contribution in [3.05, 3.63) is 51.3 Å². The van der Waals surface area contributed by atoms with Crippen LogP contribution in [0.2, 0.25) is 0 Å². The average Bonchev–Trinajstić information content (AvgIpc) is 2.78. The molecule has 0 atom stereocenters. The molecule has 0 bridgehead atoms. The molecule has 2 aromatic rings. The number of carbonyl (C=O) groups is 2. The van der Waals surface area contributed by atoms with E-state index in [1.54, 1.807) is 0 Å². The van der Waals surface area contributed by atoms with Crippen molar-refractivity contribution >= 4 is 28.2 Å². The topological polar surface area (TPSA) is 99.3 Å². The Bertz CT molecular complexity index is 659. The van der Waals surface area contributed by atoms with Crippen LogP contribution in [0.1, 0.15) is 20.0 Å². The van der Waals surface area contributed by atoms with Crippen LogP contribution in [0.4, 0.5) is 5.00 Å². The van der Waals surface area contributed by atoms with E-state index in [0.717, 1.165) is 11.3 Å². The SMILES string of the molecule is O=C(O)c1ccc(NC(=O)c2c[nH]ccc2=O)s1. The van der Waals surface area contributed by atoms with Gasteiger partial charge in [-0.3, -0.25) is 9.59 Å². The lowest BCUT2D eigenvalue weighted by Gasteiger charge is -2.00. The molecule has 0 aliphatic heterocycles. The lowest BCUT2D eigenvalue weighted by atomic mass is 10.2. The molecule has 6 nitrogen and oxygen atoms in total. The zero-order valence-electron chi connectivity index (χ0n) is 8.97. The molecule has 18 heavy (non-hydrogen) atoms. The molecular weight excluding hydrogens is 256 g/mol. The van der Waals surface area contributed by atoms with E-state index in [9.17, 15) is 14.4 Å². The van der Waals surface area contributed by atoms with E-state index >= 15 is 0 Å². The maximum atomic E-state index is 11.7. The normalized spacial score (nSPS) is 10.0. The van der Waals surface area contributed by atoms with Gasteiger partial charge in [0.05, 0.1) is 5.00 Å². The second-order valence-corrected chi connectivity index (χ2v) is 4.43. The van der Waals surface area contributed by atoms with Gasteiger partial charge in [-0.1, -0.05) is 0 Å². The predicted octanol–water partition coefficient (Wildman–Crippen LogP) is 1.39. The maximum absolute atomic E-state index is 11.7. The van der Waals surface area contributed by atoms with Crippen molar-refractivity contribution in [3.63, 3.8) is 0 Å². The number of amides is 1. The first kappa shape index (κ1) is 12.1. The Kier molecular flexibility index (Phi) is 3.24. The minimum atomic E-state index is -1.06. The zero-order chi connectivity index (χ0) is 13.1. The molecule has 92 valence electrons. The van der Waals surface area contributed by atoms with E-state index in [1.807, 2.05) is 0 Å². The van der Waals surface area contributed by atoms with E-state index < -0.39 is 17.3 Å². The molecule has 2 heterocycles. The van der Waals surface area contributed by atoms with Gasteiger partial charge < -0.3 is 15.4 Å². The third-order valence-corrected chi connectivity index (χ3v) is 3.11. The summed E-state index contributed by atoms with van der Waals surface area (Å²) in [5.74, 6) is -1.63. The van der Waals surface area contributed by atoms with E-state index in [2.05, 4.69) is 10.3 Å². The summed E-state index contributed by atoms with van der Waals surface area (Å²) in [7, 11) is 0. The van der Waals surface area contributed by atoms with Crippen LogP contribution in [0, 0.1) is 0 Å². The number of aromatic carboxylic acids is 1. The first-order valence-electron chi connectivity index (χ1n) is 4.89. The molecule has 0 radical (unpaired) electrons. The summed E-state index contributed by atoms with van der Waals surface area (Å²) in [5.41, 5.74) is -0.427. The van der Waals surface area contributed by atoms with Crippen molar-refractivity contribution in [1.29, 1.82) is 0 Å². The fourth-order valence-corrected chi connectivity index (χ4v) is 2.03. The molecule has 2 aromatic heterocycles. The molecule has 1 amide bonds. The van der Waals surface area contributed by atoms with Crippen molar-refractivity contribution in [2.75, 3.05) is 5.32 Å². The van der Waals surface area contributed by atoms with Gasteiger partial charge in [0.15, 0.2) is 5.43 Å². The van der Waals surface area contributed by atoms with Gasteiger partial charge in [-0.25, -0.2) is 4.79 Å². The number of thiophene rings is 1. The molecule has 7 heteroatoms. The average molecular weight is 264 g/mol. The highest BCUT2D eigenvalue weighted by Gasteiger charge is 2.12. The van der Waals surface area contributed by atoms with E-state index in [1.165, 1.54) is 30.6 Å². The van der Waals surface area contributed by atoms with Crippen LogP contribution in [0.25, 0.3) is 0 Å². The number of anilines is 1. The first-order chi connectivity index (χ1) is 8.58. The Morgan fingerprint density at radius 1 is 1.28 bits per heavy atom. The molecule has 0 unspecified atom stereocenters. The first-order valence-corrected chi connectivity index (χ1v) is 5.71. The summed E-state index contributed by atoms with van der Waals surface area (Å²) >= 11 is 0.926. The Hall–Kier alpha value is -2.41. The minimum absolute atomic E-state index is 0.0252. The Morgan fingerprint density at radius 2 is 2.06 bits per heavy atom. The van der Waals surface area contributed by atoms with E-state index in [4.69, 9.17) is 5.11 Å². The number of rotatable bonds is 3. The fourth-order valence-electron chi connectivity index (χ4n) is 1.29. The van der Waals surface area contributed by atoms with Gasteiger partial charge in [0, 0.05) is 18.5 Å². The van der Waals surface area contributed by atoms with Crippen molar-refractivity contribution in [3.8, 4) is 0 Å². The summed E-state index contributed by atoms with van der Waals surface area (Å²) in [5, 5.41) is 11.6. The monoisotopic (exact) mass is 264 g/mol. The number of carboxylic acid groups (broad SMARTS) is 1. The van der Waals surface area contributed by atoms with Crippen LogP contribution in [0.3, 0.4) is 0 Å². The largest absolute Gasteiger partial charge is 0.477 e. The number of hydrogen-bond acceptors (Lipinski definition) is 4.